The number of rotatable bonds is 0. The number of hydrogen-bond donors (Lipinski definition) is 0. The molecule has 0 aromatic carbocycles. The average Bonchev–Trinajstić information content (AvgIpc) is 2.52. The first kappa shape index (κ1) is 9.68. The highest BCUT2D eigenvalue weighted by atomic mass is 16.6. The Morgan fingerprint density at radius 2 is 1.93 bits per heavy atom. The lowest BCUT2D eigenvalue weighted by molar-refractivity contribution is -0.181. The monoisotopic (exact) mass is 208 g/mol. The minimum absolute atomic E-state index is 0.0550. The smallest absolute Gasteiger partial charge is 0.306 e. The van der Waals surface area contributed by atoms with Crippen molar-refractivity contribution in [3.63, 3.8) is 0 Å². The summed E-state index contributed by atoms with van der Waals surface area (Å²) in [5.74, 6) is 0.596. The second-order valence-corrected chi connectivity index (χ2v) is 5.92. The third kappa shape index (κ3) is 1.14. The van der Waals surface area contributed by atoms with Gasteiger partial charge in [0.2, 0.25) is 0 Å². The second kappa shape index (κ2) is 2.99. The van der Waals surface area contributed by atoms with Crippen LogP contribution >= 0.6 is 0 Å². The highest BCUT2D eigenvalue weighted by molar-refractivity contribution is 5.73. The molecule has 0 radical (unpaired) electrons. The van der Waals surface area contributed by atoms with Crippen molar-refractivity contribution >= 4 is 5.97 Å². The molecule has 3 fully saturated rings. The minimum atomic E-state index is -0.0550. The number of carbonyl (C=O) groups is 1. The van der Waals surface area contributed by atoms with Gasteiger partial charge in [-0.05, 0) is 32.1 Å². The topological polar surface area (TPSA) is 26.3 Å². The van der Waals surface area contributed by atoms with Crippen LogP contribution in [0.4, 0.5) is 0 Å². The summed E-state index contributed by atoms with van der Waals surface area (Å²) in [6.45, 7) is 2.36. The van der Waals surface area contributed by atoms with Gasteiger partial charge in [-0.2, -0.15) is 0 Å². The van der Waals surface area contributed by atoms with Crippen molar-refractivity contribution in [3.8, 4) is 0 Å². The van der Waals surface area contributed by atoms with Crippen LogP contribution in [-0.2, 0) is 9.53 Å². The van der Waals surface area contributed by atoms with Crippen molar-refractivity contribution in [2.45, 2.75) is 63.9 Å². The molecule has 0 unspecified atom stereocenters. The quantitative estimate of drug-likeness (QED) is 0.572. The van der Waals surface area contributed by atoms with Crippen LogP contribution in [0.2, 0.25) is 0 Å². The number of hydrogen-bond acceptors (Lipinski definition) is 2. The van der Waals surface area contributed by atoms with Crippen LogP contribution in [0.5, 0.6) is 0 Å². The standard InChI is InChI=1S/C13H20O2/c1-12-6-2-3-8-13(12)10(5-4-7-12)9-11(14)15-13/h10H,2-9H2,1H3/t10-,12-,13-/m1/s1. The van der Waals surface area contributed by atoms with Gasteiger partial charge in [0.15, 0.2) is 0 Å². The van der Waals surface area contributed by atoms with E-state index in [4.69, 9.17) is 4.74 Å². The third-order valence-electron chi connectivity index (χ3n) is 5.20. The lowest BCUT2D eigenvalue weighted by Gasteiger charge is -2.54. The predicted octanol–water partition coefficient (Wildman–Crippen LogP) is 3.05. The van der Waals surface area contributed by atoms with E-state index in [1.165, 1.54) is 38.5 Å². The second-order valence-electron chi connectivity index (χ2n) is 5.92. The molecule has 1 saturated heterocycles. The zero-order valence-electron chi connectivity index (χ0n) is 9.55. The van der Waals surface area contributed by atoms with Gasteiger partial charge in [-0.25, -0.2) is 0 Å². The van der Waals surface area contributed by atoms with Gasteiger partial charge in [0, 0.05) is 11.3 Å². The molecule has 0 aromatic rings. The summed E-state index contributed by atoms with van der Waals surface area (Å²) in [5.41, 5.74) is 0.237. The summed E-state index contributed by atoms with van der Waals surface area (Å²) in [5, 5.41) is 0. The summed E-state index contributed by atoms with van der Waals surface area (Å²) < 4.78 is 5.82. The van der Waals surface area contributed by atoms with E-state index in [9.17, 15) is 4.79 Å². The fraction of sp³-hybridized carbons (Fsp3) is 0.923. The maximum atomic E-state index is 11.6. The molecule has 0 N–H and O–H groups in total. The third-order valence-corrected chi connectivity index (χ3v) is 5.20. The molecule has 2 aliphatic carbocycles. The van der Waals surface area contributed by atoms with Crippen molar-refractivity contribution in [1.82, 2.24) is 0 Å². The van der Waals surface area contributed by atoms with E-state index in [1.807, 2.05) is 0 Å². The fourth-order valence-corrected chi connectivity index (χ4v) is 4.39. The van der Waals surface area contributed by atoms with Crippen molar-refractivity contribution in [3.05, 3.63) is 0 Å². The molecule has 0 amide bonds. The van der Waals surface area contributed by atoms with Gasteiger partial charge in [-0.3, -0.25) is 4.79 Å². The van der Waals surface area contributed by atoms with E-state index in [2.05, 4.69) is 6.92 Å². The van der Waals surface area contributed by atoms with E-state index in [1.54, 1.807) is 0 Å². The number of ether oxygens (including phenoxy) is 1. The molecular formula is C13H20O2. The highest BCUT2D eigenvalue weighted by Crippen LogP contribution is 2.60. The summed E-state index contributed by atoms with van der Waals surface area (Å²) in [6.07, 6.45) is 9.41. The fourth-order valence-electron chi connectivity index (χ4n) is 4.39. The van der Waals surface area contributed by atoms with Gasteiger partial charge in [-0.1, -0.05) is 19.8 Å². The molecule has 84 valence electrons. The Balaban J connectivity index is 2.01. The van der Waals surface area contributed by atoms with Crippen molar-refractivity contribution in [1.29, 1.82) is 0 Å². The molecule has 3 aliphatic rings. The average molecular weight is 208 g/mol. The van der Waals surface area contributed by atoms with Crippen LogP contribution in [0.3, 0.4) is 0 Å². The number of esters is 1. The Hall–Kier alpha value is -0.530. The van der Waals surface area contributed by atoms with E-state index in [0.717, 1.165) is 6.42 Å². The molecular weight excluding hydrogens is 188 g/mol. The van der Waals surface area contributed by atoms with Gasteiger partial charge < -0.3 is 4.74 Å². The summed E-state index contributed by atoms with van der Waals surface area (Å²) in [6, 6.07) is 0. The first-order valence-electron chi connectivity index (χ1n) is 6.38. The minimum Gasteiger partial charge on any atom is -0.458 e. The van der Waals surface area contributed by atoms with Crippen LogP contribution in [-0.4, -0.2) is 11.6 Å². The van der Waals surface area contributed by atoms with Crippen LogP contribution in [0, 0.1) is 11.3 Å². The van der Waals surface area contributed by atoms with Crippen molar-refractivity contribution in [2.24, 2.45) is 11.3 Å². The Labute approximate surface area is 91.4 Å². The SMILES string of the molecule is C[C@]12CCCC[C@]13OC(=O)C[C@H]3CCC2. The van der Waals surface area contributed by atoms with E-state index >= 15 is 0 Å². The highest BCUT2D eigenvalue weighted by Gasteiger charge is 2.61. The molecule has 2 nitrogen and oxygen atoms in total. The van der Waals surface area contributed by atoms with Crippen LogP contribution in [0.1, 0.15) is 58.3 Å². The molecule has 1 aliphatic heterocycles. The molecule has 0 bridgehead atoms. The lowest BCUT2D eigenvalue weighted by atomic mass is 9.54. The molecule has 1 spiro atoms. The van der Waals surface area contributed by atoms with Crippen LogP contribution in [0.15, 0.2) is 0 Å². The Bertz CT molecular complexity index is 295. The molecule has 2 heteroatoms. The Morgan fingerprint density at radius 3 is 2.80 bits per heavy atom. The summed E-state index contributed by atoms with van der Waals surface area (Å²) in [7, 11) is 0. The first-order chi connectivity index (χ1) is 7.16. The maximum absolute atomic E-state index is 11.6. The zero-order chi connectivity index (χ0) is 10.5. The molecule has 3 atom stereocenters. The summed E-state index contributed by atoms with van der Waals surface area (Å²) in [4.78, 5) is 11.6. The van der Waals surface area contributed by atoms with Crippen LogP contribution < -0.4 is 0 Å². The van der Waals surface area contributed by atoms with E-state index in [-0.39, 0.29) is 11.6 Å². The normalized spacial score (nSPS) is 49.4. The maximum Gasteiger partial charge on any atom is 0.306 e. The summed E-state index contributed by atoms with van der Waals surface area (Å²) >= 11 is 0. The van der Waals surface area contributed by atoms with Crippen LogP contribution in [0.25, 0.3) is 0 Å². The molecule has 2 saturated carbocycles. The first-order valence-corrected chi connectivity index (χ1v) is 6.38. The zero-order valence-corrected chi connectivity index (χ0v) is 9.55. The van der Waals surface area contributed by atoms with Gasteiger partial charge in [-0.15, -0.1) is 0 Å². The van der Waals surface area contributed by atoms with Gasteiger partial charge in [0.25, 0.3) is 0 Å². The van der Waals surface area contributed by atoms with Gasteiger partial charge >= 0.3 is 5.97 Å². The molecule has 3 rings (SSSR count). The Kier molecular flexibility index (Phi) is 1.93. The van der Waals surface area contributed by atoms with E-state index in [0.29, 0.717) is 17.8 Å². The predicted molar refractivity (Wildman–Crippen MR) is 57.4 cm³/mol. The molecule has 0 aromatic heterocycles. The Morgan fingerprint density at radius 1 is 1.20 bits per heavy atom. The van der Waals surface area contributed by atoms with Gasteiger partial charge in [0.05, 0.1) is 6.42 Å². The number of carbonyl (C=O) groups excluding carboxylic acids is 1. The largest absolute Gasteiger partial charge is 0.458 e. The van der Waals surface area contributed by atoms with Crippen molar-refractivity contribution < 1.29 is 9.53 Å². The molecule has 1 heterocycles. The van der Waals surface area contributed by atoms with E-state index < -0.39 is 0 Å². The van der Waals surface area contributed by atoms with Crippen molar-refractivity contribution in [2.75, 3.05) is 0 Å². The molecule has 15 heavy (non-hydrogen) atoms. The lowest BCUT2D eigenvalue weighted by Crippen LogP contribution is -2.55. The van der Waals surface area contributed by atoms with Gasteiger partial charge in [0.1, 0.15) is 5.60 Å².